The van der Waals surface area contributed by atoms with E-state index in [9.17, 15) is 19.7 Å². The summed E-state index contributed by atoms with van der Waals surface area (Å²) in [6.07, 6.45) is -0.793. The Hall–Kier alpha value is -2.72. The van der Waals surface area contributed by atoms with Crippen molar-refractivity contribution in [1.82, 2.24) is 0 Å². The summed E-state index contributed by atoms with van der Waals surface area (Å²) in [5, 5.41) is 11.1. The maximum atomic E-state index is 12.8. The average molecular weight is 410 g/mol. The van der Waals surface area contributed by atoms with Crippen molar-refractivity contribution in [3.05, 3.63) is 28.3 Å². The fourth-order valence-electron chi connectivity index (χ4n) is 2.73. The fraction of sp³-hybridized carbons (Fsp3) is 0.579. The quantitative estimate of drug-likeness (QED) is 0.235. The first kappa shape index (κ1) is 22.6. The fourth-order valence-corrected chi connectivity index (χ4v) is 2.73. The zero-order chi connectivity index (χ0) is 21.4. The lowest BCUT2D eigenvalue weighted by molar-refractivity contribution is -0.384. The third-order valence-electron chi connectivity index (χ3n) is 4.17. The molecule has 0 N–H and O–H groups in total. The van der Waals surface area contributed by atoms with Crippen molar-refractivity contribution < 1.29 is 33.5 Å². The number of hydrogen-bond donors (Lipinski definition) is 0. The Balaban J connectivity index is 2.03. The number of amides is 1. The van der Waals surface area contributed by atoms with Gasteiger partial charge in [-0.3, -0.25) is 24.6 Å². The molecule has 0 aliphatic carbocycles. The molecule has 1 aliphatic heterocycles. The number of hydrogen-bond acceptors (Lipinski definition) is 8. The van der Waals surface area contributed by atoms with E-state index in [1.165, 1.54) is 23.1 Å². The van der Waals surface area contributed by atoms with E-state index in [0.717, 1.165) is 0 Å². The lowest BCUT2D eigenvalue weighted by atomic mass is 10.0. The molecule has 0 spiro atoms. The van der Waals surface area contributed by atoms with Crippen LogP contribution in [0.2, 0.25) is 0 Å². The van der Waals surface area contributed by atoms with Crippen LogP contribution in [0.25, 0.3) is 0 Å². The number of nitro benzene ring substituents is 1. The Morgan fingerprint density at radius 2 is 1.93 bits per heavy atom. The van der Waals surface area contributed by atoms with Crippen molar-refractivity contribution in [3.63, 3.8) is 0 Å². The van der Waals surface area contributed by atoms with Gasteiger partial charge >= 0.3 is 5.97 Å². The van der Waals surface area contributed by atoms with E-state index in [1.807, 2.05) is 20.8 Å². The van der Waals surface area contributed by atoms with E-state index < -0.39 is 22.9 Å². The summed E-state index contributed by atoms with van der Waals surface area (Å²) < 4.78 is 21.2. The van der Waals surface area contributed by atoms with Gasteiger partial charge in [0.25, 0.3) is 11.6 Å². The van der Waals surface area contributed by atoms with Gasteiger partial charge < -0.3 is 18.9 Å². The van der Waals surface area contributed by atoms with Crippen LogP contribution in [0.3, 0.4) is 0 Å². The first-order valence-electron chi connectivity index (χ1n) is 9.42. The number of ether oxygens (including phenoxy) is 4. The third-order valence-corrected chi connectivity index (χ3v) is 4.17. The smallest absolute Gasteiger partial charge is 0.326 e. The molecule has 10 nitrogen and oxygen atoms in total. The summed E-state index contributed by atoms with van der Waals surface area (Å²) in [5.74, 6) is -0.935. The molecule has 1 heterocycles. The highest BCUT2D eigenvalue weighted by atomic mass is 16.6. The van der Waals surface area contributed by atoms with Crippen LogP contribution in [0, 0.1) is 16.0 Å². The molecule has 0 bridgehead atoms. The molecule has 1 amide bonds. The average Bonchev–Trinajstić information content (AvgIpc) is 2.68. The predicted octanol–water partition coefficient (Wildman–Crippen LogP) is 1.94. The number of carbonyl (C=O) groups is 2. The van der Waals surface area contributed by atoms with Crippen molar-refractivity contribution in [2.75, 3.05) is 44.5 Å². The van der Waals surface area contributed by atoms with E-state index in [4.69, 9.17) is 18.9 Å². The number of esters is 1. The maximum absolute atomic E-state index is 12.8. The van der Waals surface area contributed by atoms with Crippen molar-refractivity contribution >= 4 is 23.3 Å². The van der Waals surface area contributed by atoms with Crippen molar-refractivity contribution in [3.8, 4) is 5.75 Å². The monoisotopic (exact) mass is 410 g/mol. The molecule has 0 fully saturated rings. The minimum Gasteiger partial charge on any atom is -0.478 e. The topological polar surface area (TPSA) is 117 Å². The predicted molar refractivity (Wildman–Crippen MR) is 103 cm³/mol. The van der Waals surface area contributed by atoms with Crippen LogP contribution in [0.15, 0.2) is 18.2 Å². The van der Waals surface area contributed by atoms with Gasteiger partial charge in [0.2, 0.25) is 0 Å². The summed E-state index contributed by atoms with van der Waals surface area (Å²) in [4.78, 5) is 36.7. The zero-order valence-electron chi connectivity index (χ0n) is 16.8. The van der Waals surface area contributed by atoms with Gasteiger partial charge in [-0.1, -0.05) is 13.8 Å². The van der Waals surface area contributed by atoms with Crippen LogP contribution >= 0.6 is 0 Å². The molecule has 1 unspecified atom stereocenters. The first-order chi connectivity index (χ1) is 13.8. The second kappa shape index (κ2) is 10.7. The van der Waals surface area contributed by atoms with Crippen LogP contribution in [0.5, 0.6) is 5.75 Å². The number of benzene rings is 1. The SMILES string of the molecule is CCOCCOCCOC(=O)CN1C(=O)C(C(C)C)Oc2ccc([N+](=O)[O-])cc21. The molecule has 0 saturated carbocycles. The van der Waals surface area contributed by atoms with Gasteiger partial charge in [-0.25, -0.2) is 0 Å². The molecule has 1 aromatic carbocycles. The van der Waals surface area contributed by atoms with Crippen LogP contribution in [0.4, 0.5) is 11.4 Å². The van der Waals surface area contributed by atoms with Gasteiger partial charge in [-0.15, -0.1) is 0 Å². The summed E-state index contributed by atoms with van der Waals surface area (Å²) >= 11 is 0. The summed E-state index contributed by atoms with van der Waals surface area (Å²) in [6.45, 7) is 6.81. The Morgan fingerprint density at radius 3 is 2.59 bits per heavy atom. The highest BCUT2D eigenvalue weighted by Gasteiger charge is 2.38. The summed E-state index contributed by atoms with van der Waals surface area (Å²) in [7, 11) is 0. The van der Waals surface area contributed by atoms with E-state index in [-0.39, 0.29) is 37.1 Å². The van der Waals surface area contributed by atoms with Gasteiger partial charge in [-0.05, 0) is 18.9 Å². The zero-order valence-corrected chi connectivity index (χ0v) is 16.8. The number of fused-ring (bicyclic) bond motifs is 1. The second-order valence-corrected chi connectivity index (χ2v) is 6.65. The molecule has 0 aromatic heterocycles. The summed E-state index contributed by atoms with van der Waals surface area (Å²) in [6, 6.07) is 3.94. The number of nitrogens with zero attached hydrogens (tertiary/aromatic N) is 2. The molecule has 1 aromatic rings. The number of non-ortho nitro benzene ring substituents is 1. The van der Waals surface area contributed by atoms with Crippen LogP contribution < -0.4 is 9.64 Å². The highest BCUT2D eigenvalue weighted by molar-refractivity contribution is 6.03. The van der Waals surface area contributed by atoms with E-state index in [1.54, 1.807) is 0 Å². The van der Waals surface area contributed by atoms with Gasteiger partial charge in [0.05, 0.1) is 30.4 Å². The Bertz CT molecular complexity index is 737. The molecule has 160 valence electrons. The van der Waals surface area contributed by atoms with Crippen molar-refractivity contribution in [2.24, 2.45) is 5.92 Å². The Morgan fingerprint density at radius 1 is 1.24 bits per heavy atom. The van der Waals surface area contributed by atoms with Crippen LogP contribution in [-0.4, -0.2) is 62.5 Å². The van der Waals surface area contributed by atoms with E-state index in [2.05, 4.69) is 0 Å². The molecule has 2 rings (SSSR count). The van der Waals surface area contributed by atoms with Gasteiger partial charge in [0, 0.05) is 18.7 Å². The molecule has 1 aliphatic rings. The Kier molecular flexibility index (Phi) is 8.34. The number of carbonyl (C=O) groups excluding carboxylic acids is 2. The van der Waals surface area contributed by atoms with Gasteiger partial charge in [-0.2, -0.15) is 0 Å². The molecule has 29 heavy (non-hydrogen) atoms. The molecule has 1 atom stereocenters. The van der Waals surface area contributed by atoms with Crippen LogP contribution in [0.1, 0.15) is 20.8 Å². The Labute approximate surface area is 168 Å². The number of anilines is 1. The minimum atomic E-state index is -0.793. The molecule has 0 saturated heterocycles. The van der Waals surface area contributed by atoms with Crippen molar-refractivity contribution in [2.45, 2.75) is 26.9 Å². The molecular formula is C19H26N2O8. The number of rotatable bonds is 11. The van der Waals surface area contributed by atoms with Crippen molar-refractivity contribution in [1.29, 1.82) is 0 Å². The largest absolute Gasteiger partial charge is 0.478 e. The lowest BCUT2D eigenvalue weighted by Crippen LogP contribution is -2.50. The molecule has 0 radical (unpaired) electrons. The highest BCUT2D eigenvalue weighted by Crippen LogP contribution is 2.38. The summed E-state index contributed by atoms with van der Waals surface area (Å²) in [5.41, 5.74) is -0.0322. The minimum absolute atomic E-state index is 0.0267. The second-order valence-electron chi connectivity index (χ2n) is 6.65. The third kappa shape index (κ3) is 6.13. The first-order valence-corrected chi connectivity index (χ1v) is 9.42. The maximum Gasteiger partial charge on any atom is 0.326 e. The standard InChI is InChI=1S/C19H26N2O8/c1-4-26-7-8-27-9-10-28-17(22)12-20-15-11-14(21(24)25)5-6-16(15)29-18(13(2)3)19(20)23/h5-6,11,13,18H,4,7-10,12H2,1-3H3. The normalized spacial score (nSPS) is 15.8. The lowest BCUT2D eigenvalue weighted by Gasteiger charge is -2.35. The van der Waals surface area contributed by atoms with Crippen LogP contribution in [-0.2, 0) is 23.8 Å². The van der Waals surface area contributed by atoms with Gasteiger partial charge in [0.1, 0.15) is 18.9 Å². The molecular weight excluding hydrogens is 384 g/mol. The van der Waals surface area contributed by atoms with E-state index in [0.29, 0.717) is 25.6 Å². The molecule has 10 heteroatoms. The number of nitro groups is 1. The van der Waals surface area contributed by atoms with Gasteiger partial charge in [0.15, 0.2) is 6.10 Å². The van der Waals surface area contributed by atoms with E-state index >= 15 is 0 Å².